The Kier molecular flexibility index (Phi) is 4.74. The normalized spacial score (nSPS) is 11.9. The second-order valence-corrected chi connectivity index (χ2v) is 5.78. The van der Waals surface area contributed by atoms with Crippen molar-refractivity contribution in [2.24, 2.45) is 5.92 Å². The van der Waals surface area contributed by atoms with Crippen LogP contribution in [-0.4, -0.2) is 20.7 Å². The number of aryl methyl sites for hydroxylation is 1. The van der Waals surface area contributed by atoms with Crippen LogP contribution in [0.5, 0.6) is 0 Å². The van der Waals surface area contributed by atoms with Crippen molar-refractivity contribution in [2.75, 3.05) is 5.32 Å². The van der Waals surface area contributed by atoms with E-state index in [-0.39, 0.29) is 18.0 Å². The lowest BCUT2D eigenvalue weighted by Gasteiger charge is -2.14. The molecule has 1 atom stereocenters. The molecule has 0 spiro atoms. The summed E-state index contributed by atoms with van der Waals surface area (Å²) in [5, 5.41) is 7.06. The zero-order valence-electron chi connectivity index (χ0n) is 14.0. The summed E-state index contributed by atoms with van der Waals surface area (Å²) >= 11 is 0. The van der Waals surface area contributed by atoms with E-state index < -0.39 is 5.92 Å². The summed E-state index contributed by atoms with van der Waals surface area (Å²) in [6.45, 7) is 3.76. The number of anilines is 1. The van der Waals surface area contributed by atoms with Gasteiger partial charge in [0, 0.05) is 12.3 Å². The Morgan fingerprint density at radius 1 is 1.28 bits per heavy atom. The van der Waals surface area contributed by atoms with Crippen LogP contribution >= 0.6 is 0 Å². The Labute approximate surface area is 144 Å². The first-order valence-electron chi connectivity index (χ1n) is 7.89. The maximum absolute atomic E-state index is 12.4. The molecule has 1 amide bonds. The van der Waals surface area contributed by atoms with Gasteiger partial charge in [-0.25, -0.2) is 9.67 Å². The molecule has 3 heterocycles. The van der Waals surface area contributed by atoms with Crippen LogP contribution in [0.3, 0.4) is 0 Å². The highest BCUT2D eigenvalue weighted by atomic mass is 16.3. The minimum atomic E-state index is -0.460. The monoisotopic (exact) mass is 338 g/mol. The average molecular weight is 338 g/mol. The van der Waals surface area contributed by atoms with Crippen LogP contribution in [0.4, 0.5) is 5.82 Å². The van der Waals surface area contributed by atoms with Crippen LogP contribution < -0.4 is 10.9 Å². The van der Waals surface area contributed by atoms with Crippen molar-refractivity contribution in [3.8, 4) is 11.5 Å². The number of nitrogens with one attached hydrogen (secondary N) is 1. The molecule has 3 rings (SSSR count). The van der Waals surface area contributed by atoms with Gasteiger partial charge in [-0.2, -0.15) is 5.10 Å². The minimum absolute atomic E-state index is 0.158. The van der Waals surface area contributed by atoms with Gasteiger partial charge in [0.25, 0.3) is 5.56 Å². The molecule has 0 aliphatic carbocycles. The predicted octanol–water partition coefficient (Wildman–Crippen LogP) is 2.48. The fourth-order valence-corrected chi connectivity index (χ4v) is 2.33. The van der Waals surface area contributed by atoms with Gasteiger partial charge in [-0.05, 0) is 36.8 Å². The molecule has 25 heavy (non-hydrogen) atoms. The third-order valence-electron chi connectivity index (χ3n) is 3.79. The molecule has 7 nitrogen and oxygen atoms in total. The highest BCUT2D eigenvalue weighted by Crippen LogP contribution is 2.16. The summed E-state index contributed by atoms with van der Waals surface area (Å²) in [6.07, 6.45) is 3.16. The molecule has 0 aliphatic heterocycles. The summed E-state index contributed by atoms with van der Waals surface area (Å²) in [6, 6.07) is 10.2. The smallest absolute Gasteiger partial charge is 0.266 e. The van der Waals surface area contributed by atoms with Gasteiger partial charge >= 0.3 is 0 Å². The summed E-state index contributed by atoms with van der Waals surface area (Å²) in [5.41, 5.74) is 1.14. The summed E-state index contributed by atoms with van der Waals surface area (Å²) < 4.78 is 6.56. The van der Waals surface area contributed by atoms with Crippen molar-refractivity contribution in [3.05, 3.63) is 64.8 Å². The van der Waals surface area contributed by atoms with Gasteiger partial charge in [-0.3, -0.25) is 9.59 Å². The van der Waals surface area contributed by atoms with Crippen molar-refractivity contribution in [2.45, 2.75) is 20.4 Å². The lowest BCUT2D eigenvalue weighted by atomic mass is 10.1. The van der Waals surface area contributed by atoms with Gasteiger partial charge in [0.05, 0.1) is 18.7 Å². The van der Waals surface area contributed by atoms with Gasteiger partial charge in [0.2, 0.25) is 5.91 Å². The zero-order valence-corrected chi connectivity index (χ0v) is 14.0. The van der Waals surface area contributed by atoms with Crippen molar-refractivity contribution in [1.29, 1.82) is 0 Å². The van der Waals surface area contributed by atoms with E-state index in [1.807, 2.05) is 13.0 Å². The Morgan fingerprint density at radius 3 is 2.84 bits per heavy atom. The lowest BCUT2D eigenvalue weighted by Crippen LogP contribution is -2.31. The van der Waals surface area contributed by atoms with E-state index in [1.165, 1.54) is 17.0 Å². The van der Waals surface area contributed by atoms with Crippen molar-refractivity contribution in [3.63, 3.8) is 0 Å². The molecular formula is C18H18N4O3. The second-order valence-electron chi connectivity index (χ2n) is 5.78. The van der Waals surface area contributed by atoms with Crippen molar-refractivity contribution < 1.29 is 9.21 Å². The predicted molar refractivity (Wildman–Crippen MR) is 93.0 cm³/mol. The molecule has 0 aromatic carbocycles. The van der Waals surface area contributed by atoms with E-state index in [0.717, 1.165) is 5.56 Å². The molecule has 0 fully saturated rings. The molecule has 1 N–H and O–H groups in total. The van der Waals surface area contributed by atoms with Crippen molar-refractivity contribution in [1.82, 2.24) is 14.8 Å². The molecule has 0 saturated heterocycles. The number of aromatic nitrogens is 3. The highest BCUT2D eigenvalue weighted by Gasteiger charge is 2.17. The fourth-order valence-electron chi connectivity index (χ4n) is 2.33. The van der Waals surface area contributed by atoms with E-state index in [9.17, 15) is 9.59 Å². The number of hydrogen-bond acceptors (Lipinski definition) is 5. The molecule has 0 unspecified atom stereocenters. The number of nitrogens with zero attached hydrogens (tertiary/aromatic N) is 3. The van der Waals surface area contributed by atoms with Gasteiger partial charge in [-0.1, -0.05) is 13.0 Å². The first-order chi connectivity index (χ1) is 12.0. The first kappa shape index (κ1) is 16.6. The molecule has 128 valence electrons. The Morgan fingerprint density at radius 2 is 2.12 bits per heavy atom. The SMILES string of the molecule is Cc1cccnc1NC(=O)[C@H](C)Cn1nc(-c2ccco2)ccc1=O. The van der Waals surface area contributed by atoms with Crippen LogP contribution in [0.15, 0.2) is 58.1 Å². The fraction of sp³-hybridized carbons (Fsp3) is 0.222. The molecule has 3 aromatic rings. The van der Waals surface area contributed by atoms with Crippen LogP contribution in [-0.2, 0) is 11.3 Å². The maximum atomic E-state index is 12.4. The van der Waals surface area contributed by atoms with Gasteiger partial charge in [0.15, 0.2) is 5.76 Å². The molecule has 0 bridgehead atoms. The molecule has 3 aromatic heterocycles. The maximum Gasteiger partial charge on any atom is 0.266 e. The number of rotatable bonds is 5. The molecular weight excluding hydrogens is 320 g/mol. The zero-order chi connectivity index (χ0) is 17.8. The molecule has 0 aliphatic rings. The largest absolute Gasteiger partial charge is 0.463 e. The minimum Gasteiger partial charge on any atom is -0.463 e. The number of amides is 1. The Balaban J connectivity index is 1.75. The highest BCUT2D eigenvalue weighted by molar-refractivity contribution is 5.91. The third kappa shape index (κ3) is 3.82. The van der Waals surface area contributed by atoms with E-state index in [4.69, 9.17) is 4.42 Å². The number of carbonyl (C=O) groups is 1. The van der Waals surface area contributed by atoms with E-state index in [2.05, 4.69) is 15.4 Å². The number of carbonyl (C=O) groups excluding carboxylic acids is 1. The number of hydrogen-bond donors (Lipinski definition) is 1. The van der Waals surface area contributed by atoms with Crippen molar-refractivity contribution >= 4 is 11.7 Å². The average Bonchev–Trinajstić information content (AvgIpc) is 3.13. The summed E-state index contributed by atoms with van der Waals surface area (Å²) in [5.74, 6) is 0.399. The lowest BCUT2D eigenvalue weighted by molar-refractivity contribution is -0.119. The molecule has 0 radical (unpaired) electrons. The summed E-state index contributed by atoms with van der Waals surface area (Å²) in [7, 11) is 0. The summed E-state index contributed by atoms with van der Waals surface area (Å²) in [4.78, 5) is 28.6. The standard InChI is InChI=1S/C18H18N4O3/c1-12-5-3-9-19-17(12)20-18(24)13(2)11-22-16(23)8-7-14(21-22)15-6-4-10-25-15/h3-10,13H,11H2,1-2H3,(H,19,20,24)/t13-/m1/s1. The van der Waals surface area contributed by atoms with Crippen LogP contribution in [0.2, 0.25) is 0 Å². The third-order valence-corrected chi connectivity index (χ3v) is 3.79. The van der Waals surface area contributed by atoms with E-state index in [0.29, 0.717) is 17.3 Å². The van der Waals surface area contributed by atoms with Gasteiger partial charge < -0.3 is 9.73 Å². The first-order valence-corrected chi connectivity index (χ1v) is 7.89. The van der Waals surface area contributed by atoms with E-state index >= 15 is 0 Å². The Bertz CT molecular complexity index is 931. The van der Waals surface area contributed by atoms with Gasteiger partial charge in [-0.15, -0.1) is 0 Å². The van der Waals surface area contributed by atoms with Crippen LogP contribution in [0.1, 0.15) is 12.5 Å². The molecule has 0 saturated carbocycles. The van der Waals surface area contributed by atoms with Gasteiger partial charge in [0.1, 0.15) is 11.5 Å². The number of pyridine rings is 1. The Hall–Kier alpha value is -3.22. The second kappa shape index (κ2) is 7.12. The molecule has 7 heteroatoms. The number of furan rings is 1. The quantitative estimate of drug-likeness (QED) is 0.772. The van der Waals surface area contributed by atoms with Crippen LogP contribution in [0.25, 0.3) is 11.5 Å². The van der Waals surface area contributed by atoms with Crippen LogP contribution in [0, 0.1) is 12.8 Å². The van der Waals surface area contributed by atoms with E-state index in [1.54, 1.807) is 37.4 Å². The topological polar surface area (TPSA) is 90.0 Å².